The third kappa shape index (κ3) is 12.0. The van der Waals surface area contributed by atoms with E-state index in [1.165, 1.54) is 61.2 Å². The van der Waals surface area contributed by atoms with Gasteiger partial charge in [0, 0.05) is 18.2 Å². The van der Waals surface area contributed by atoms with Crippen molar-refractivity contribution in [2.24, 2.45) is 0 Å². The van der Waals surface area contributed by atoms with Crippen LogP contribution in [-0.4, -0.2) is 7.05 Å². The van der Waals surface area contributed by atoms with Gasteiger partial charge in [-0.25, -0.2) is 0 Å². The molecular formula is C59H65N. The maximum absolute atomic E-state index is 4.10. The van der Waals surface area contributed by atoms with Gasteiger partial charge in [0.2, 0.25) is 0 Å². The van der Waals surface area contributed by atoms with E-state index in [0.29, 0.717) is 0 Å². The molecule has 6 rings (SSSR count). The van der Waals surface area contributed by atoms with E-state index in [4.69, 9.17) is 0 Å². The summed E-state index contributed by atoms with van der Waals surface area (Å²) in [6, 6.07) is 43.5. The average molecular weight is 788 g/mol. The Balaban J connectivity index is 0.000000710. The monoisotopic (exact) mass is 788 g/mol. The summed E-state index contributed by atoms with van der Waals surface area (Å²) in [5, 5.41) is 0. The van der Waals surface area contributed by atoms with Crippen molar-refractivity contribution in [3.8, 4) is 22.3 Å². The Bertz CT molecular complexity index is 2320. The summed E-state index contributed by atoms with van der Waals surface area (Å²) in [5.41, 5.74) is 19.8. The van der Waals surface area contributed by atoms with Gasteiger partial charge in [-0.3, -0.25) is 0 Å². The molecule has 0 spiro atoms. The van der Waals surface area contributed by atoms with Crippen molar-refractivity contribution < 1.29 is 0 Å². The maximum Gasteiger partial charge on any atom is 0.0835 e. The summed E-state index contributed by atoms with van der Waals surface area (Å²) in [7, 11) is 2.07. The van der Waals surface area contributed by atoms with Crippen LogP contribution in [0.25, 0.3) is 40.0 Å². The smallest absolute Gasteiger partial charge is 0.0835 e. The Morgan fingerprint density at radius 2 is 1.15 bits per heavy atom. The van der Waals surface area contributed by atoms with E-state index in [-0.39, 0.29) is 5.41 Å². The van der Waals surface area contributed by atoms with Crippen molar-refractivity contribution >= 4 is 23.4 Å². The summed E-state index contributed by atoms with van der Waals surface area (Å²) in [6.07, 6.45) is 21.9. The number of benzene rings is 5. The van der Waals surface area contributed by atoms with Gasteiger partial charge in [-0.05, 0) is 126 Å². The molecule has 0 bridgehead atoms. The fourth-order valence-corrected chi connectivity index (χ4v) is 7.59. The van der Waals surface area contributed by atoms with Gasteiger partial charge in [0.25, 0.3) is 0 Å². The lowest BCUT2D eigenvalue weighted by atomic mass is 9.72. The maximum atomic E-state index is 4.10. The van der Waals surface area contributed by atoms with Gasteiger partial charge in [0.1, 0.15) is 0 Å². The van der Waals surface area contributed by atoms with Gasteiger partial charge >= 0.3 is 0 Å². The largest absolute Gasteiger partial charge is 0.338 e. The molecule has 0 aromatic heterocycles. The van der Waals surface area contributed by atoms with Crippen LogP contribution in [0.2, 0.25) is 0 Å². The van der Waals surface area contributed by atoms with Crippen molar-refractivity contribution in [3.63, 3.8) is 0 Å². The van der Waals surface area contributed by atoms with Gasteiger partial charge in [-0.2, -0.15) is 0 Å². The molecule has 0 fully saturated rings. The van der Waals surface area contributed by atoms with E-state index < -0.39 is 0 Å². The number of hydrogen-bond donors (Lipinski definition) is 0. The second kappa shape index (κ2) is 25.0. The standard InChI is InChI=1S/C47H45N.C6H10.C4H6.C2H4/c1-7-40(48(6)41-19-14-11-15-20-41)30-32-45-35(5)44-31-27-37(33-46(44)47(45,8-2)9-3)24-23-36-25-28-39(29-26-36)43-22-16-21-42(34(43)4)38-17-12-10-13-18-38;1-3-5-6-4-2;1-3-4-2;1-2/h7,10-29,31-33H,1,8-9H2,2-6H3;3-6H,1-2H3;3-4H,1-2H2;1-2H2/b24-23+;5-3-,6-4-;;. The molecule has 1 heteroatoms. The Morgan fingerprint density at radius 1 is 0.633 bits per heavy atom. The second-order valence-corrected chi connectivity index (χ2v) is 14.2. The summed E-state index contributed by atoms with van der Waals surface area (Å²) in [5.74, 6) is 0. The first kappa shape index (κ1) is 47.7. The Kier molecular flexibility index (Phi) is 19.9. The minimum Gasteiger partial charge on any atom is -0.338 e. The van der Waals surface area contributed by atoms with Gasteiger partial charge in [-0.15, -0.1) is 13.2 Å². The molecule has 0 heterocycles. The average Bonchev–Trinajstić information content (AvgIpc) is 3.55. The van der Waals surface area contributed by atoms with Gasteiger partial charge < -0.3 is 4.90 Å². The minimum atomic E-state index is -0.0539. The number of nitrogens with zero attached hydrogens (tertiary/aromatic N) is 1. The van der Waals surface area contributed by atoms with Crippen molar-refractivity contribution in [1.29, 1.82) is 0 Å². The molecule has 0 saturated carbocycles. The Labute approximate surface area is 363 Å². The van der Waals surface area contributed by atoms with Gasteiger partial charge in [-0.1, -0.05) is 197 Å². The second-order valence-electron chi connectivity index (χ2n) is 14.2. The molecule has 60 heavy (non-hydrogen) atoms. The first-order valence-electron chi connectivity index (χ1n) is 20.9. The number of para-hydroxylation sites is 1. The fourth-order valence-electron chi connectivity index (χ4n) is 7.59. The van der Waals surface area contributed by atoms with E-state index in [1.54, 1.807) is 12.2 Å². The normalized spacial score (nSPS) is 12.2. The van der Waals surface area contributed by atoms with Crippen LogP contribution >= 0.6 is 0 Å². The number of likely N-dealkylation sites (N-methyl/N-ethyl adjacent to an activating group) is 1. The van der Waals surface area contributed by atoms with E-state index >= 15 is 0 Å². The molecule has 1 aliphatic carbocycles. The fraction of sp³-hybridized carbons (Fsp3) is 0.169. The highest BCUT2D eigenvalue weighted by Crippen LogP contribution is 2.51. The quantitative estimate of drug-likeness (QED) is 0.0527. The highest BCUT2D eigenvalue weighted by molar-refractivity contribution is 5.84. The van der Waals surface area contributed by atoms with Crippen LogP contribution in [0.4, 0.5) is 5.69 Å². The van der Waals surface area contributed by atoms with Crippen LogP contribution in [0, 0.1) is 6.92 Å². The molecule has 5 aromatic carbocycles. The number of rotatable bonds is 12. The highest BCUT2D eigenvalue weighted by Gasteiger charge is 2.40. The lowest BCUT2D eigenvalue weighted by molar-refractivity contribution is 0.486. The predicted octanol–water partition coefficient (Wildman–Crippen LogP) is 17.0. The lowest BCUT2D eigenvalue weighted by Crippen LogP contribution is -2.24. The van der Waals surface area contributed by atoms with Crippen molar-refractivity contribution in [2.45, 2.75) is 59.8 Å². The number of allylic oxidation sites excluding steroid dienone is 9. The molecule has 0 saturated heterocycles. The highest BCUT2D eigenvalue weighted by atomic mass is 15.1. The SMILES string of the molecule is C/C=C\C=C/C.C=C.C=CC(=C=CC1=C(C)c2ccc(/C=C/c3ccc(-c4cccc(-c5ccccc5)c4C)cc3)cc2C1(CC)CC)N(C)c1ccccc1.C=CC=C. The van der Waals surface area contributed by atoms with E-state index in [2.05, 4.69) is 212 Å². The molecule has 1 nitrogen and oxygen atoms in total. The van der Waals surface area contributed by atoms with Crippen molar-refractivity contribution in [2.75, 3.05) is 11.9 Å². The van der Waals surface area contributed by atoms with Crippen LogP contribution < -0.4 is 4.90 Å². The Morgan fingerprint density at radius 3 is 1.67 bits per heavy atom. The Hall–Kier alpha value is -6.66. The topological polar surface area (TPSA) is 3.24 Å². The molecule has 5 aromatic rings. The molecule has 0 amide bonds. The van der Waals surface area contributed by atoms with Crippen LogP contribution in [-0.2, 0) is 5.41 Å². The predicted molar refractivity (Wildman–Crippen MR) is 270 cm³/mol. The van der Waals surface area contributed by atoms with Crippen molar-refractivity contribution in [1.82, 2.24) is 0 Å². The first-order valence-corrected chi connectivity index (χ1v) is 20.9. The molecule has 0 radical (unpaired) electrons. The van der Waals surface area contributed by atoms with E-state index in [9.17, 15) is 0 Å². The van der Waals surface area contributed by atoms with Gasteiger partial charge in [0.15, 0.2) is 0 Å². The molecule has 306 valence electrons. The lowest BCUT2D eigenvalue weighted by Gasteiger charge is -2.31. The zero-order valence-corrected chi connectivity index (χ0v) is 37.2. The van der Waals surface area contributed by atoms with Crippen LogP contribution in [0.3, 0.4) is 0 Å². The van der Waals surface area contributed by atoms with Crippen LogP contribution in [0.1, 0.15) is 75.3 Å². The minimum absolute atomic E-state index is 0.0539. The zero-order chi connectivity index (χ0) is 43.9. The third-order valence-electron chi connectivity index (χ3n) is 10.9. The number of anilines is 1. The van der Waals surface area contributed by atoms with E-state index in [0.717, 1.165) is 24.2 Å². The van der Waals surface area contributed by atoms with E-state index in [1.807, 2.05) is 50.3 Å². The summed E-state index contributed by atoms with van der Waals surface area (Å²) < 4.78 is 0. The summed E-state index contributed by atoms with van der Waals surface area (Å²) in [6.45, 7) is 29.9. The molecule has 1 aliphatic rings. The summed E-state index contributed by atoms with van der Waals surface area (Å²) >= 11 is 0. The van der Waals surface area contributed by atoms with Crippen LogP contribution in [0.15, 0.2) is 220 Å². The zero-order valence-electron chi connectivity index (χ0n) is 37.2. The van der Waals surface area contributed by atoms with Gasteiger partial charge in [0.05, 0.1) is 5.70 Å². The molecule has 0 aliphatic heterocycles. The summed E-state index contributed by atoms with van der Waals surface area (Å²) in [4.78, 5) is 2.14. The first-order chi connectivity index (χ1) is 29.2. The molecule has 0 atom stereocenters. The molecule has 0 N–H and O–H groups in total. The molecular weight excluding hydrogens is 723 g/mol. The third-order valence-corrected chi connectivity index (χ3v) is 10.9. The van der Waals surface area contributed by atoms with Crippen LogP contribution in [0.5, 0.6) is 0 Å². The number of fused-ring (bicyclic) bond motifs is 1. The molecule has 0 unspecified atom stereocenters. The number of hydrogen-bond acceptors (Lipinski definition) is 1. The van der Waals surface area contributed by atoms with Crippen molar-refractivity contribution in [3.05, 3.63) is 248 Å².